The molecule has 5 atom stereocenters. The number of hydrogen-bond acceptors (Lipinski definition) is 3. The molecule has 3 heteroatoms. The Hall–Kier alpha value is -1.12. The predicted octanol–water partition coefficient (Wildman–Crippen LogP) is 4.94. The number of hydrogen-bond donors (Lipinski definition) is 0. The average Bonchev–Trinajstić information content (AvgIpc) is 2.53. The minimum absolute atomic E-state index is 0.0426. The molecule has 0 heterocycles. The van der Waals surface area contributed by atoms with Crippen molar-refractivity contribution in [1.29, 1.82) is 0 Å². The van der Waals surface area contributed by atoms with Gasteiger partial charge in [-0.2, -0.15) is 0 Å². The zero-order valence-electron chi connectivity index (χ0n) is 15.9. The molecule has 0 aliphatic heterocycles. The number of carbonyl (C=O) groups is 2. The van der Waals surface area contributed by atoms with Crippen LogP contribution in [-0.2, 0) is 14.3 Å². The first kappa shape index (κ1) is 19.2. The number of aldehydes is 1. The monoisotopic (exact) mass is 334 g/mol. The van der Waals surface area contributed by atoms with Crippen molar-refractivity contribution < 1.29 is 14.3 Å². The van der Waals surface area contributed by atoms with Gasteiger partial charge >= 0.3 is 5.97 Å². The molecule has 0 bridgehead atoms. The highest BCUT2D eigenvalue weighted by molar-refractivity contribution is 5.77. The van der Waals surface area contributed by atoms with E-state index in [-0.39, 0.29) is 16.8 Å². The van der Waals surface area contributed by atoms with Gasteiger partial charge in [0.15, 0.2) is 0 Å². The molecule has 0 aromatic rings. The van der Waals surface area contributed by atoms with Crippen molar-refractivity contribution in [2.45, 2.75) is 72.1 Å². The number of esters is 1. The van der Waals surface area contributed by atoms with Crippen LogP contribution in [0.1, 0.15) is 72.1 Å². The first-order valence-corrected chi connectivity index (χ1v) is 9.49. The summed E-state index contributed by atoms with van der Waals surface area (Å²) in [6.07, 6.45) is 9.03. The lowest BCUT2D eigenvalue weighted by Crippen LogP contribution is -2.53. The minimum atomic E-state index is -0.366. The van der Waals surface area contributed by atoms with Crippen molar-refractivity contribution in [3.63, 3.8) is 0 Å². The summed E-state index contributed by atoms with van der Waals surface area (Å²) in [5.41, 5.74) is 1.10. The fourth-order valence-electron chi connectivity index (χ4n) is 5.69. The van der Waals surface area contributed by atoms with Crippen LogP contribution in [0.2, 0.25) is 0 Å². The Labute approximate surface area is 147 Å². The highest BCUT2D eigenvalue weighted by atomic mass is 16.5. The first-order valence-electron chi connectivity index (χ1n) is 9.49. The van der Waals surface area contributed by atoms with E-state index >= 15 is 0 Å². The number of ether oxygens (including phenoxy) is 1. The molecule has 2 aliphatic carbocycles. The van der Waals surface area contributed by atoms with Crippen LogP contribution in [0.25, 0.3) is 0 Å². The van der Waals surface area contributed by atoms with Crippen molar-refractivity contribution in [2.75, 3.05) is 7.11 Å². The Kier molecular flexibility index (Phi) is 5.93. The molecule has 2 aliphatic rings. The van der Waals surface area contributed by atoms with E-state index in [0.29, 0.717) is 24.2 Å². The van der Waals surface area contributed by atoms with E-state index in [1.54, 1.807) is 0 Å². The number of rotatable bonds is 6. The standard InChI is InChI=1S/C21H34O3/c1-15(11-14-22)7-9-17-16(2)8-10-18-20(17,3)12-6-13-21(18,4)19(23)24-5/h14-15,17-18H,2,6-13H2,1,3-5H3/t15-,17+,18-,20-,21+/m1/s1. The number of allylic oxidation sites excluding steroid dienone is 1. The molecule has 0 radical (unpaired) electrons. The molecular formula is C21H34O3. The molecule has 0 spiro atoms. The summed E-state index contributed by atoms with van der Waals surface area (Å²) < 4.78 is 5.18. The summed E-state index contributed by atoms with van der Waals surface area (Å²) in [5, 5.41) is 0. The van der Waals surface area contributed by atoms with Crippen LogP contribution in [0.5, 0.6) is 0 Å². The molecule has 24 heavy (non-hydrogen) atoms. The molecule has 2 rings (SSSR count). The highest BCUT2D eigenvalue weighted by Gasteiger charge is 2.57. The van der Waals surface area contributed by atoms with Gasteiger partial charge in [0.2, 0.25) is 0 Å². The molecule has 0 amide bonds. The molecule has 0 saturated heterocycles. The lowest BCUT2D eigenvalue weighted by molar-refractivity contribution is -0.168. The Balaban J connectivity index is 2.24. The molecular weight excluding hydrogens is 300 g/mol. The van der Waals surface area contributed by atoms with Gasteiger partial charge in [-0.15, -0.1) is 0 Å². The highest BCUT2D eigenvalue weighted by Crippen LogP contribution is 2.62. The van der Waals surface area contributed by atoms with E-state index < -0.39 is 0 Å². The summed E-state index contributed by atoms with van der Waals surface area (Å²) in [6.45, 7) is 11.0. The first-order chi connectivity index (χ1) is 11.3. The molecule has 2 fully saturated rings. The molecule has 0 aromatic carbocycles. The molecule has 0 unspecified atom stereocenters. The van der Waals surface area contributed by atoms with Crippen molar-refractivity contribution >= 4 is 12.3 Å². The maximum Gasteiger partial charge on any atom is 0.311 e. The third-order valence-electron chi connectivity index (χ3n) is 7.12. The fourth-order valence-corrected chi connectivity index (χ4v) is 5.69. The van der Waals surface area contributed by atoms with E-state index in [1.807, 2.05) is 0 Å². The molecule has 136 valence electrons. The lowest BCUT2D eigenvalue weighted by atomic mass is 9.46. The van der Waals surface area contributed by atoms with E-state index in [2.05, 4.69) is 27.4 Å². The van der Waals surface area contributed by atoms with Gasteiger partial charge in [-0.05, 0) is 68.6 Å². The van der Waals surface area contributed by atoms with E-state index in [4.69, 9.17) is 4.74 Å². The Morgan fingerprint density at radius 3 is 2.75 bits per heavy atom. The van der Waals surface area contributed by atoms with E-state index in [9.17, 15) is 9.59 Å². The minimum Gasteiger partial charge on any atom is -0.469 e. The molecule has 3 nitrogen and oxygen atoms in total. The Morgan fingerprint density at radius 1 is 1.42 bits per heavy atom. The Bertz CT molecular complexity index is 497. The summed E-state index contributed by atoms with van der Waals surface area (Å²) in [6, 6.07) is 0. The third-order valence-corrected chi connectivity index (χ3v) is 7.12. The molecule has 0 N–H and O–H groups in total. The predicted molar refractivity (Wildman–Crippen MR) is 96.5 cm³/mol. The topological polar surface area (TPSA) is 43.4 Å². The SMILES string of the molecule is C=C1CC[C@@H]2[C@](C)(CCC[C@]2(C)C(=O)OC)[C@H]1CC[C@@H](C)CC=O. The zero-order chi connectivity index (χ0) is 18.0. The van der Waals surface area contributed by atoms with Gasteiger partial charge in [0.05, 0.1) is 12.5 Å². The van der Waals surface area contributed by atoms with Crippen molar-refractivity contribution in [2.24, 2.45) is 28.6 Å². The second-order valence-electron chi connectivity index (χ2n) is 8.66. The van der Waals surface area contributed by atoms with E-state index in [1.165, 1.54) is 12.7 Å². The summed E-state index contributed by atoms with van der Waals surface area (Å²) in [7, 11) is 1.51. The number of carbonyl (C=O) groups excluding carboxylic acids is 2. The zero-order valence-corrected chi connectivity index (χ0v) is 15.9. The van der Waals surface area contributed by atoms with Gasteiger partial charge in [-0.3, -0.25) is 4.79 Å². The summed E-state index contributed by atoms with van der Waals surface area (Å²) in [4.78, 5) is 23.3. The maximum absolute atomic E-state index is 12.5. The van der Waals surface area contributed by atoms with Gasteiger partial charge < -0.3 is 9.53 Å². The maximum atomic E-state index is 12.5. The van der Waals surface area contributed by atoms with Gasteiger partial charge in [0.1, 0.15) is 6.29 Å². The van der Waals surface area contributed by atoms with E-state index in [0.717, 1.165) is 51.2 Å². The number of fused-ring (bicyclic) bond motifs is 1. The molecule has 2 saturated carbocycles. The van der Waals surface area contributed by atoms with Crippen LogP contribution in [0, 0.1) is 28.6 Å². The third kappa shape index (κ3) is 3.32. The van der Waals surface area contributed by atoms with Crippen LogP contribution < -0.4 is 0 Å². The summed E-state index contributed by atoms with van der Waals surface area (Å²) in [5.74, 6) is 1.20. The van der Waals surface area contributed by atoms with Gasteiger partial charge in [0, 0.05) is 6.42 Å². The van der Waals surface area contributed by atoms with Crippen LogP contribution in [0.4, 0.5) is 0 Å². The van der Waals surface area contributed by atoms with Crippen molar-refractivity contribution in [1.82, 2.24) is 0 Å². The fraction of sp³-hybridized carbons (Fsp3) is 0.810. The van der Waals surface area contributed by atoms with Crippen LogP contribution in [0.15, 0.2) is 12.2 Å². The summed E-state index contributed by atoms with van der Waals surface area (Å²) >= 11 is 0. The van der Waals surface area contributed by atoms with Crippen LogP contribution in [-0.4, -0.2) is 19.4 Å². The van der Waals surface area contributed by atoms with Crippen LogP contribution in [0.3, 0.4) is 0 Å². The van der Waals surface area contributed by atoms with Gasteiger partial charge in [-0.25, -0.2) is 0 Å². The molecule has 0 aromatic heterocycles. The second kappa shape index (κ2) is 7.41. The number of methoxy groups -OCH3 is 1. The lowest BCUT2D eigenvalue weighted by Gasteiger charge is -2.57. The van der Waals surface area contributed by atoms with Gasteiger partial charge in [0.25, 0.3) is 0 Å². The smallest absolute Gasteiger partial charge is 0.311 e. The Morgan fingerprint density at radius 2 is 2.12 bits per heavy atom. The van der Waals surface area contributed by atoms with Crippen LogP contribution >= 0.6 is 0 Å². The largest absolute Gasteiger partial charge is 0.469 e. The quantitative estimate of drug-likeness (QED) is 0.392. The van der Waals surface area contributed by atoms with Crippen molar-refractivity contribution in [3.05, 3.63) is 12.2 Å². The van der Waals surface area contributed by atoms with Gasteiger partial charge in [-0.1, -0.05) is 32.4 Å². The average molecular weight is 335 g/mol. The second-order valence-corrected chi connectivity index (χ2v) is 8.66. The normalized spacial score (nSPS) is 37.4. The van der Waals surface area contributed by atoms with Crippen molar-refractivity contribution in [3.8, 4) is 0 Å².